The summed E-state index contributed by atoms with van der Waals surface area (Å²) in [6, 6.07) is 20.9. The number of likely N-dealkylation sites (tertiary alicyclic amines) is 1. The van der Waals surface area contributed by atoms with Crippen LogP contribution in [0.4, 0.5) is 5.69 Å². The highest BCUT2D eigenvalue weighted by molar-refractivity contribution is 7.13. The number of piperazine rings is 1. The molecule has 4 amide bonds. The highest BCUT2D eigenvalue weighted by Crippen LogP contribution is 2.35. The molecule has 0 radical (unpaired) electrons. The summed E-state index contributed by atoms with van der Waals surface area (Å²) in [6.07, 6.45) is 2.79. The monoisotopic (exact) mass is 1130 g/mol. The number of anilines is 1. The maximum absolute atomic E-state index is 14.2. The van der Waals surface area contributed by atoms with Gasteiger partial charge < -0.3 is 50.2 Å². The number of carbonyl (C=O) groups is 4. The van der Waals surface area contributed by atoms with Gasteiger partial charge in [-0.25, -0.2) is 4.98 Å². The van der Waals surface area contributed by atoms with Crippen LogP contribution in [0.15, 0.2) is 77.0 Å². The van der Waals surface area contributed by atoms with E-state index in [1.807, 2.05) is 97.3 Å². The van der Waals surface area contributed by atoms with E-state index in [2.05, 4.69) is 77.9 Å². The van der Waals surface area contributed by atoms with Crippen LogP contribution < -0.4 is 26.4 Å². The number of amides is 4. The van der Waals surface area contributed by atoms with E-state index in [4.69, 9.17) is 9.47 Å². The Balaban J connectivity index is 0.775. The lowest BCUT2D eigenvalue weighted by Crippen LogP contribution is -2.58. The van der Waals surface area contributed by atoms with Gasteiger partial charge in [0.15, 0.2) is 0 Å². The van der Waals surface area contributed by atoms with E-state index in [0.717, 1.165) is 127 Å². The van der Waals surface area contributed by atoms with Gasteiger partial charge in [0, 0.05) is 107 Å². The number of benzene rings is 3. The van der Waals surface area contributed by atoms with Gasteiger partial charge in [0.25, 0.3) is 11.5 Å². The topological polar surface area (TPSA) is 202 Å². The molecule has 1 unspecified atom stereocenters. The smallest absolute Gasteiger partial charge is 0.253 e. The molecule has 17 nitrogen and oxygen atoms in total. The third kappa shape index (κ3) is 15.6. The van der Waals surface area contributed by atoms with Crippen molar-refractivity contribution in [3.05, 3.63) is 127 Å². The summed E-state index contributed by atoms with van der Waals surface area (Å²) in [4.78, 5) is 85.2. The van der Waals surface area contributed by atoms with E-state index in [1.165, 1.54) is 10.5 Å². The predicted molar refractivity (Wildman–Crippen MR) is 319 cm³/mol. The van der Waals surface area contributed by atoms with Crippen LogP contribution in [0, 0.1) is 33.1 Å². The molecule has 81 heavy (non-hydrogen) atoms. The first-order chi connectivity index (χ1) is 38.8. The molecule has 5 heterocycles. The fourth-order valence-corrected chi connectivity index (χ4v) is 12.4. The number of aryl methyl sites for hydroxylation is 3. The number of unbranched alkanes of at least 4 members (excludes halogenated alkanes) is 1. The number of hydrogen-bond donors (Lipinski definition) is 5. The minimum Gasteiger partial charge on any atom is -0.391 e. The van der Waals surface area contributed by atoms with Crippen molar-refractivity contribution < 1.29 is 33.8 Å². The van der Waals surface area contributed by atoms with Crippen molar-refractivity contribution in [2.45, 2.75) is 138 Å². The number of nitrogens with one attached hydrogen (secondary N) is 4. The second-order valence-corrected chi connectivity index (χ2v) is 24.2. The van der Waals surface area contributed by atoms with Gasteiger partial charge in [-0.2, -0.15) is 0 Å². The lowest BCUT2D eigenvalue weighted by atomic mass is 9.85. The molecule has 4 atom stereocenters. The number of H-pyrrole nitrogens is 1. The Kier molecular flexibility index (Phi) is 20.8. The second-order valence-electron chi connectivity index (χ2n) is 23.4. The van der Waals surface area contributed by atoms with Crippen molar-refractivity contribution in [3.63, 3.8) is 0 Å². The Bertz CT molecular complexity index is 3010. The van der Waals surface area contributed by atoms with Crippen LogP contribution in [0.2, 0.25) is 0 Å². The van der Waals surface area contributed by atoms with Gasteiger partial charge in [0.1, 0.15) is 18.7 Å². The fourth-order valence-electron chi connectivity index (χ4n) is 11.5. The number of rotatable bonds is 22. The van der Waals surface area contributed by atoms with Crippen molar-refractivity contribution in [2.75, 3.05) is 77.1 Å². The second kappa shape index (κ2) is 27.7. The first kappa shape index (κ1) is 60.8. The molecule has 3 aromatic carbocycles. The first-order valence-corrected chi connectivity index (χ1v) is 29.8. The molecular formula is C63H85N9O8S. The lowest BCUT2D eigenvalue weighted by molar-refractivity contribution is -0.144. The highest BCUT2D eigenvalue weighted by atomic mass is 32.1. The van der Waals surface area contributed by atoms with Gasteiger partial charge in [0.2, 0.25) is 17.7 Å². The number of carbonyl (C=O) groups excluding carboxylic acids is 4. The zero-order valence-corrected chi connectivity index (χ0v) is 49.8. The Hall–Kier alpha value is -6.28. The van der Waals surface area contributed by atoms with Gasteiger partial charge in [-0.1, -0.05) is 69.3 Å². The van der Waals surface area contributed by atoms with E-state index < -0.39 is 35.4 Å². The van der Waals surface area contributed by atoms with Gasteiger partial charge in [0.05, 0.1) is 28.2 Å². The Morgan fingerprint density at radius 3 is 2.25 bits per heavy atom. The van der Waals surface area contributed by atoms with Gasteiger partial charge in [-0.05, 0) is 136 Å². The number of aliphatic hydroxyl groups is 1. The number of β-amino-alcohol motifs (C(OH)–C–C–N with tert-alkyl or cyclic N) is 1. The van der Waals surface area contributed by atoms with Crippen molar-refractivity contribution in [3.8, 4) is 21.6 Å². The predicted octanol–water partition coefficient (Wildman–Crippen LogP) is 7.62. The molecule has 5 N–H and O–H groups in total. The van der Waals surface area contributed by atoms with Crippen molar-refractivity contribution in [1.29, 1.82) is 0 Å². The molecule has 0 bridgehead atoms. The molecule has 3 aliphatic rings. The van der Waals surface area contributed by atoms with E-state index >= 15 is 0 Å². The van der Waals surface area contributed by atoms with Crippen molar-refractivity contribution in [2.24, 2.45) is 5.41 Å². The van der Waals surface area contributed by atoms with Gasteiger partial charge >= 0.3 is 0 Å². The SMILES string of the molecule is CCN(c1cc(-c2ccc(CN3CCN(CCCCOCC(=O)NC(C(=O)N4C[C@H](O)C[C@H]4C(=O)N[C@@H](C)c4ccc(-c5scnc5C)cc4)C(C)(C)C)CC3)cc2)cc(C(=O)NCc2c(C)cc(C)[nH]c2=O)c1C)C1CCOCC1. The Morgan fingerprint density at radius 1 is 0.901 bits per heavy atom. The van der Waals surface area contributed by atoms with E-state index in [1.54, 1.807) is 11.3 Å². The molecule has 2 aromatic heterocycles. The molecule has 3 aliphatic heterocycles. The molecule has 18 heteroatoms. The summed E-state index contributed by atoms with van der Waals surface area (Å²) in [6.45, 7) is 25.6. The fraction of sp³-hybridized carbons (Fsp3) is 0.524. The third-order valence-electron chi connectivity index (χ3n) is 16.3. The summed E-state index contributed by atoms with van der Waals surface area (Å²) < 4.78 is 11.5. The molecule has 8 rings (SSSR count). The minimum atomic E-state index is -0.940. The van der Waals surface area contributed by atoms with Gasteiger partial charge in [-0.15, -0.1) is 11.3 Å². The maximum atomic E-state index is 14.2. The standard InChI is InChI=1S/C63H85N9O8S/c1-10-71(50-21-29-79-30-22-50)54-33-49(32-52(42(54)4)59(75)64-35-53-40(2)31-41(3)66-60(53)76)47-15-13-45(14-16-47)36-70-26-24-69(25-27-70)23-11-12-28-80-38-56(74)68-58(63(7,8)9)62(78)72-37-51(73)34-55(72)61(77)67-43(5)46-17-19-48(20-18-46)57-44(6)65-39-81-57/h13-20,31-33,39,43,50-51,55,58,73H,10-12,21-30,34-38H2,1-9H3,(H,64,75)(H,66,76)(H,67,77)(H,68,74)/t43-,51+,55-,58?/m0/s1. The summed E-state index contributed by atoms with van der Waals surface area (Å²) in [5, 5.41) is 19.7. The summed E-state index contributed by atoms with van der Waals surface area (Å²) in [5.41, 5.74) is 11.8. The lowest BCUT2D eigenvalue weighted by Gasteiger charge is -2.37. The van der Waals surface area contributed by atoms with Crippen LogP contribution in [0.3, 0.4) is 0 Å². The molecule has 0 saturated carbocycles. The van der Waals surface area contributed by atoms with Crippen LogP contribution >= 0.6 is 11.3 Å². The van der Waals surface area contributed by atoms with E-state index in [0.29, 0.717) is 37.0 Å². The number of aromatic amines is 1. The van der Waals surface area contributed by atoms with Crippen LogP contribution in [-0.4, -0.2) is 150 Å². The largest absolute Gasteiger partial charge is 0.391 e. The van der Waals surface area contributed by atoms with Crippen LogP contribution in [0.5, 0.6) is 0 Å². The molecule has 436 valence electrons. The van der Waals surface area contributed by atoms with Crippen LogP contribution in [0.25, 0.3) is 21.6 Å². The zero-order chi connectivity index (χ0) is 58.0. The summed E-state index contributed by atoms with van der Waals surface area (Å²) in [5.74, 6) is -1.39. The van der Waals surface area contributed by atoms with Gasteiger partial charge in [-0.3, -0.25) is 28.9 Å². The summed E-state index contributed by atoms with van der Waals surface area (Å²) >= 11 is 1.58. The zero-order valence-electron chi connectivity index (χ0n) is 49.0. The quantitative estimate of drug-likeness (QED) is 0.0426. The number of aliphatic hydroxyl groups excluding tert-OH is 1. The normalized spacial score (nSPS) is 18.1. The van der Waals surface area contributed by atoms with Crippen LogP contribution in [-0.2, 0) is 36.9 Å². The average molecular weight is 1130 g/mol. The number of hydrogen-bond acceptors (Lipinski definition) is 13. The van der Waals surface area contributed by atoms with Crippen molar-refractivity contribution >= 4 is 40.7 Å². The Labute approximate surface area is 482 Å². The number of ether oxygens (including phenoxy) is 2. The molecule has 0 aliphatic carbocycles. The third-order valence-corrected chi connectivity index (χ3v) is 17.3. The number of nitrogens with zero attached hydrogens (tertiary/aromatic N) is 5. The molecule has 5 aromatic rings. The average Bonchev–Trinajstić information content (AvgIpc) is 4.07. The summed E-state index contributed by atoms with van der Waals surface area (Å²) in [7, 11) is 0. The van der Waals surface area contributed by atoms with E-state index in [9.17, 15) is 29.1 Å². The maximum Gasteiger partial charge on any atom is 0.253 e. The first-order valence-electron chi connectivity index (χ1n) is 28.9. The number of pyridine rings is 1. The van der Waals surface area contributed by atoms with E-state index in [-0.39, 0.29) is 49.5 Å². The molecule has 3 fully saturated rings. The Morgan fingerprint density at radius 2 is 1.59 bits per heavy atom. The number of aromatic nitrogens is 2. The molecule has 0 spiro atoms. The highest BCUT2D eigenvalue weighted by Gasteiger charge is 2.45. The number of thiazole rings is 1. The minimum absolute atomic E-state index is 0.00313. The molecular weight excluding hydrogens is 1040 g/mol. The van der Waals surface area contributed by atoms with Crippen molar-refractivity contribution in [1.82, 2.24) is 40.6 Å². The molecule has 3 saturated heterocycles. The van der Waals surface area contributed by atoms with Crippen LogP contribution in [0.1, 0.15) is 122 Å².